The second-order valence-corrected chi connectivity index (χ2v) is 4.79. The Morgan fingerprint density at radius 2 is 2.05 bits per heavy atom. The summed E-state index contributed by atoms with van der Waals surface area (Å²) in [5, 5.41) is 30.7. The third kappa shape index (κ3) is 2.44. The molecule has 7 nitrogen and oxygen atoms in total. The Hall–Kier alpha value is -1.57. The zero-order valence-corrected chi connectivity index (χ0v) is 10.6. The van der Waals surface area contributed by atoms with E-state index in [2.05, 4.69) is 4.98 Å². The van der Waals surface area contributed by atoms with Crippen LogP contribution in [0.2, 0.25) is 0 Å². The molecule has 2 heterocycles. The Morgan fingerprint density at radius 3 is 2.68 bits per heavy atom. The summed E-state index contributed by atoms with van der Waals surface area (Å²) in [5.41, 5.74) is 0.223. The van der Waals surface area contributed by atoms with Gasteiger partial charge in [-0.05, 0) is 13.0 Å². The van der Waals surface area contributed by atoms with Crippen LogP contribution in [0, 0.1) is 16.0 Å². The Labute approximate surface area is 110 Å². The van der Waals surface area contributed by atoms with Gasteiger partial charge in [-0.1, -0.05) is 6.92 Å². The molecule has 5 unspecified atom stereocenters. The third-order valence-electron chi connectivity index (χ3n) is 3.54. The van der Waals surface area contributed by atoms with E-state index >= 15 is 0 Å². The lowest BCUT2D eigenvalue weighted by molar-refractivity contribution is -0.387. The van der Waals surface area contributed by atoms with E-state index in [0.717, 1.165) is 6.20 Å². The minimum absolute atomic E-state index is 0.143. The summed E-state index contributed by atoms with van der Waals surface area (Å²) in [7, 11) is 0. The molecule has 0 aliphatic carbocycles. The van der Waals surface area contributed by atoms with Gasteiger partial charge in [0.25, 0.3) is 5.69 Å². The molecule has 0 aromatic carbocycles. The summed E-state index contributed by atoms with van der Waals surface area (Å²) in [6, 6.07) is 1.51. The normalized spacial score (nSPS) is 35.1. The van der Waals surface area contributed by atoms with E-state index in [1.54, 1.807) is 13.8 Å². The molecule has 1 aromatic heterocycles. The molecule has 1 saturated heterocycles. The molecule has 0 radical (unpaired) electrons. The second kappa shape index (κ2) is 5.20. The summed E-state index contributed by atoms with van der Waals surface area (Å²) in [6.45, 7) is 3.31. The number of ether oxygens (including phenoxy) is 1. The number of nitro groups is 1. The number of hydrogen-bond acceptors (Lipinski definition) is 6. The smallest absolute Gasteiger partial charge is 0.293 e. The van der Waals surface area contributed by atoms with Crippen molar-refractivity contribution >= 4 is 5.69 Å². The molecule has 1 aliphatic rings. The Kier molecular flexibility index (Phi) is 3.79. The van der Waals surface area contributed by atoms with Crippen LogP contribution in [-0.2, 0) is 4.74 Å². The van der Waals surface area contributed by atoms with Gasteiger partial charge in [-0.25, -0.2) is 0 Å². The van der Waals surface area contributed by atoms with E-state index < -0.39 is 35.3 Å². The first kappa shape index (κ1) is 13.9. The summed E-state index contributed by atoms with van der Waals surface area (Å²) >= 11 is 0. The quantitative estimate of drug-likeness (QED) is 0.607. The van der Waals surface area contributed by atoms with Crippen molar-refractivity contribution in [3.8, 4) is 0 Å². The van der Waals surface area contributed by atoms with Crippen molar-refractivity contribution in [2.75, 3.05) is 0 Å². The lowest BCUT2D eigenvalue weighted by Crippen LogP contribution is -2.49. The average Bonchev–Trinajstić information content (AvgIpc) is 2.40. The minimum Gasteiger partial charge on any atom is -0.390 e. The molecule has 7 heteroatoms. The molecule has 0 saturated carbocycles. The lowest BCUT2D eigenvalue weighted by Gasteiger charge is -2.40. The fourth-order valence-corrected chi connectivity index (χ4v) is 2.35. The standard InChI is InChI=1S/C12H16N2O5/c1-6-10(15)11(16)7(2)19-12(6)8-3-4-13-5-9(8)14(17)18/h3-7,10-12,15-16H,1-2H3. The van der Waals surface area contributed by atoms with Crippen LogP contribution in [-0.4, -0.2) is 38.4 Å². The maximum Gasteiger partial charge on any atom is 0.293 e. The molecule has 2 N–H and O–H groups in total. The van der Waals surface area contributed by atoms with Crippen molar-refractivity contribution < 1.29 is 19.9 Å². The van der Waals surface area contributed by atoms with Gasteiger partial charge in [-0.3, -0.25) is 15.1 Å². The zero-order chi connectivity index (χ0) is 14.2. The van der Waals surface area contributed by atoms with Gasteiger partial charge in [-0.15, -0.1) is 0 Å². The summed E-state index contributed by atoms with van der Waals surface area (Å²) in [4.78, 5) is 14.2. The fourth-order valence-electron chi connectivity index (χ4n) is 2.35. The number of nitrogens with zero attached hydrogens (tertiary/aromatic N) is 2. The molecule has 104 valence electrons. The van der Waals surface area contributed by atoms with Crippen LogP contribution in [0.15, 0.2) is 18.5 Å². The molecule has 0 spiro atoms. The van der Waals surface area contributed by atoms with Crippen molar-refractivity contribution in [1.29, 1.82) is 0 Å². The Bertz CT molecular complexity index is 481. The van der Waals surface area contributed by atoms with Crippen LogP contribution in [0.4, 0.5) is 5.69 Å². The summed E-state index contributed by atoms with van der Waals surface area (Å²) < 4.78 is 5.62. The molecule has 0 amide bonds. The van der Waals surface area contributed by atoms with E-state index in [0.29, 0.717) is 5.56 Å². The topological polar surface area (TPSA) is 106 Å². The van der Waals surface area contributed by atoms with Crippen LogP contribution in [0.25, 0.3) is 0 Å². The summed E-state index contributed by atoms with van der Waals surface area (Å²) in [5.74, 6) is -0.452. The third-order valence-corrected chi connectivity index (χ3v) is 3.54. The van der Waals surface area contributed by atoms with Gasteiger partial charge in [0.1, 0.15) is 12.3 Å². The van der Waals surface area contributed by atoms with Crippen LogP contribution >= 0.6 is 0 Å². The van der Waals surface area contributed by atoms with Gasteiger partial charge < -0.3 is 14.9 Å². The van der Waals surface area contributed by atoms with Gasteiger partial charge >= 0.3 is 0 Å². The molecule has 0 bridgehead atoms. The first-order valence-electron chi connectivity index (χ1n) is 6.03. The molecule has 1 fully saturated rings. The Morgan fingerprint density at radius 1 is 1.37 bits per heavy atom. The van der Waals surface area contributed by atoms with Gasteiger partial charge in [0.15, 0.2) is 0 Å². The van der Waals surface area contributed by atoms with Crippen LogP contribution in [0.1, 0.15) is 25.5 Å². The molecular weight excluding hydrogens is 252 g/mol. The Balaban J connectivity index is 2.39. The van der Waals surface area contributed by atoms with Crippen LogP contribution in [0.3, 0.4) is 0 Å². The number of aliphatic hydroxyl groups excluding tert-OH is 2. The summed E-state index contributed by atoms with van der Waals surface area (Å²) in [6.07, 6.45) is -0.608. The molecular formula is C12H16N2O5. The molecule has 1 aromatic rings. The SMILES string of the molecule is CC1OC(c2ccncc2[N+](=O)[O-])C(C)C(O)C1O. The monoisotopic (exact) mass is 268 g/mol. The molecule has 19 heavy (non-hydrogen) atoms. The second-order valence-electron chi connectivity index (χ2n) is 4.79. The average molecular weight is 268 g/mol. The highest BCUT2D eigenvalue weighted by molar-refractivity contribution is 5.39. The van der Waals surface area contributed by atoms with E-state index in [-0.39, 0.29) is 5.69 Å². The predicted molar refractivity (Wildman–Crippen MR) is 65.4 cm³/mol. The van der Waals surface area contributed by atoms with E-state index in [9.17, 15) is 20.3 Å². The van der Waals surface area contributed by atoms with Gasteiger partial charge in [0, 0.05) is 12.1 Å². The number of rotatable bonds is 2. The van der Waals surface area contributed by atoms with Gasteiger partial charge in [0.05, 0.1) is 28.8 Å². The largest absolute Gasteiger partial charge is 0.390 e. The lowest BCUT2D eigenvalue weighted by atomic mass is 9.85. The first-order valence-corrected chi connectivity index (χ1v) is 6.03. The van der Waals surface area contributed by atoms with Crippen molar-refractivity contribution in [3.05, 3.63) is 34.1 Å². The molecule has 2 rings (SSSR count). The fraction of sp³-hybridized carbons (Fsp3) is 0.583. The minimum atomic E-state index is -0.993. The van der Waals surface area contributed by atoms with Crippen molar-refractivity contribution in [2.45, 2.75) is 38.3 Å². The van der Waals surface area contributed by atoms with Crippen molar-refractivity contribution in [1.82, 2.24) is 4.98 Å². The maximum absolute atomic E-state index is 11.0. The van der Waals surface area contributed by atoms with Crippen molar-refractivity contribution in [3.63, 3.8) is 0 Å². The van der Waals surface area contributed by atoms with Gasteiger partial charge in [0.2, 0.25) is 0 Å². The van der Waals surface area contributed by atoms with E-state index in [1.807, 2.05) is 0 Å². The molecule has 5 atom stereocenters. The van der Waals surface area contributed by atoms with E-state index in [4.69, 9.17) is 4.74 Å². The number of hydrogen-bond donors (Lipinski definition) is 2. The van der Waals surface area contributed by atoms with Gasteiger partial charge in [-0.2, -0.15) is 0 Å². The van der Waals surface area contributed by atoms with Crippen LogP contribution < -0.4 is 0 Å². The highest BCUT2D eigenvalue weighted by Gasteiger charge is 2.42. The highest BCUT2D eigenvalue weighted by atomic mass is 16.6. The first-order chi connectivity index (χ1) is 8.93. The number of aromatic nitrogens is 1. The van der Waals surface area contributed by atoms with E-state index in [1.165, 1.54) is 12.3 Å². The highest BCUT2D eigenvalue weighted by Crippen LogP contribution is 2.39. The predicted octanol–water partition coefficient (Wildman–Crippen LogP) is 0.807. The van der Waals surface area contributed by atoms with Crippen LogP contribution in [0.5, 0.6) is 0 Å². The maximum atomic E-state index is 11.0. The zero-order valence-electron chi connectivity index (χ0n) is 10.6. The number of aliphatic hydroxyl groups is 2. The van der Waals surface area contributed by atoms with Crippen molar-refractivity contribution in [2.24, 2.45) is 5.92 Å². The number of pyridine rings is 1. The molecule has 1 aliphatic heterocycles.